The minimum absolute atomic E-state index is 0.0885. The van der Waals surface area contributed by atoms with E-state index in [1.165, 1.54) is 28.1 Å². The Hall–Kier alpha value is -2.83. The smallest absolute Gasteiger partial charge is 0.191 e. The maximum atomic E-state index is 12.4. The topological polar surface area (TPSA) is 47.8 Å². The van der Waals surface area contributed by atoms with Crippen LogP contribution < -0.4 is 0 Å². The summed E-state index contributed by atoms with van der Waals surface area (Å²) in [6.07, 6.45) is 1.84. The van der Waals surface area contributed by atoms with Crippen molar-refractivity contribution in [3.63, 3.8) is 0 Å². The van der Waals surface area contributed by atoms with Crippen LogP contribution in [-0.4, -0.2) is 26.3 Å². The molecule has 0 saturated carbocycles. The van der Waals surface area contributed by atoms with Gasteiger partial charge in [0.05, 0.1) is 11.5 Å². The standard InChI is InChI=1S/C25H23N3OS2/c1-2-15-28-24(18-30-16-21-13-8-12-19-9-6-7-14-22(19)21)26-27-25(28)31-17-23(29)20-10-4-3-5-11-20/h2-14H,1,15-18H2. The molecule has 1 aromatic heterocycles. The van der Waals surface area contributed by atoms with Gasteiger partial charge in [0, 0.05) is 17.9 Å². The van der Waals surface area contributed by atoms with Crippen molar-refractivity contribution in [1.82, 2.24) is 14.8 Å². The number of thioether (sulfide) groups is 2. The fourth-order valence-electron chi connectivity index (χ4n) is 3.35. The molecule has 0 spiro atoms. The van der Waals surface area contributed by atoms with Gasteiger partial charge in [-0.05, 0) is 16.3 Å². The molecule has 4 aromatic rings. The Kier molecular flexibility index (Phi) is 7.22. The summed E-state index contributed by atoms with van der Waals surface area (Å²) in [7, 11) is 0. The molecular formula is C25H23N3OS2. The number of fused-ring (bicyclic) bond motifs is 1. The zero-order valence-corrected chi connectivity index (χ0v) is 18.7. The second kappa shape index (κ2) is 10.5. The second-order valence-electron chi connectivity index (χ2n) is 7.01. The maximum absolute atomic E-state index is 12.4. The highest BCUT2D eigenvalue weighted by Crippen LogP contribution is 2.26. The van der Waals surface area contributed by atoms with Gasteiger partial charge in [-0.3, -0.25) is 4.79 Å². The predicted molar refractivity (Wildman–Crippen MR) is 131 cm³/mol. The summed E-state index contributed by atoms with van der Waals surface area (Å²) >= 11 is 3.24. The van der Waals surface area contributed by atoms with Crippen molar-refractivity contribution in [2.45, 2.75) is 23.2 Å². The van der Waals surface area contributed by atoms with Crippen LogP contribution in [0.4, 0.5) is 0 Å². The maximum Gasteiger partial charge on any atom is 0.191 e. The van der Waals surface area contributed by atoms with Crippen LogP contribution in [-0.2, 0) is 18.1 Å². The molecule has 4 nitrogen and oxygen atoms in total. The van der Waals surface area contributed by atoms with E-state index in [1.54, 1.807) is 0 Å². The van der Waals surface area contributed by atoms with Crippen molar-refractivity contribution < 1.29 is 4.79 Å². The molecule has 0 unspecified atom stereocenters. The third kappa shape index (κ3) is 5.27. The molecular weight excluding hydrogens is 422 g/mol. The molecule has 1 heterocycles. The first-order valence-corrected chi connectivity index (χ1v) is 12.2. The van der Waals surface area contributed by atoms with Crippen molar-refractivity contribution in [2.75, 3.05) is 5.75 Å². The van der Waals surface area contributed by atoms with E-state index < -0.39 is 0 Å². The van der Waals surface area contributed by atoms with Crippen LogP contribution in [0.5, 0.6) is 0 Å². The van der Waals surface area contributed by atoms with Crippen molar-refractivity contribution in [2.24, 2.45) is 0 Å². The second-order valence-corrected chi connectivity index (χ2v) is 8.94. The van der Waals surface area contributed by atoms with E-state index in [1.807, 2.05) is 52.7 Å². The minimum Gasteiger partial charge on any atom is -0.301 e. The fraction of sp³-hybridized carbons (Fsp3) is 0.160. The largest absolute Gasteiger partial charge is 0.301 e. The normalized spacial score (nSPS) is 11.0. The third-order valence-corrected chi connectivity index (χ3v) is 6.85. The van der Waals surface area contributed by atoms with Crippen LogP contribution >= 0.6 is 23.5 Å². The summed E-state index contributed by atoms with van der Waals surface area (Å²) < 4.78 is 2.05. The van der Waals surface area contributed by atoms with Crippen molar-refractivity contribution in [3.05, 3.63) is 102 Å². The lowest BCUT2D eigenvalue weighted by Gasteiger charge is -2.09. The number of rotatable bonds is 10. The van der Waals surface area contributed by atoms with Gasteiger partial charge in [-0.25, -0.2) is 0 Å². The first kappa shape index (κ1) is 21.4. The Balaban J connectivity index is 1.41. The lowest BCUT2D eigenvalue weighted by atomic mass is 10.1. The van der Waals surface area contributed by atoms with E-state index in [0.717, 1.165) is 28.0 Å². The summed E-state index contributed by atoms with van der Waals surface area (Å²) in [4.78, 5) is 12.4. The van der Waals surface area contributed by atoms with Crippen LogP contribution in [0.15, 0.2) is 90.6 Å². The molecule has 4 rings (SSSR count). The average molecular weight is 446 g/mol. The average Bonchev–Trinajstić information content (AvgIpc) is 3.20. The molecule has 0 fully saturated rings. The molecule has 156 valence electrons. The van der Waals surface area contributed by atoms with Crippen LogP contribution in [0.3, 0.4) is 0 Å². The Morgan fingerprint density at radius 3 is 2.55 bits per heavy atom. The Morgan fingerprint density at radius 2 is 1.71 bits per heavy atom. The SMILES string of the molecule is C=CCn1c(CSCc2cccc3ccccc23)nnc1SCC(=O)c1ccccc1. The van der Waals surface area contributed by atoms with E-state index in [-0.39, 0.29) is 5.78 Å². The van der Waals surface area contributed by atoms with Crippen molar-refractivity contribution in [1.29, 1.82) is 0 Å². The first-order valence-electron chi connectivity index (χ1n) is 10.0. The molecule has 0 N–H and O–H groups in total. The highest BCUT2D eigenvalue weighted by atomic mass is 32.2. The Labute approximate surface area is 190 Å². The molecule has 0 amide bonds. The summed E-state index contributed by atoms with van der Waals surface area (Å²) in [5.41, 5.74) is 2.04. The summed E-state index contributed by atoms with van der Waals surface area (Å²) in [6.45, 7) is 4.49. The van der Waals surface area contributed by atoms with Crippen LogP contribution in [0.25, 0.3) is 10.8 Å². The van der Waals surface area contributed by atoms with E-state index in [0.29, 0.717) is 12.3 Å². The zero-order valence-electron chi connectivity index (χ0n) is 17.1. The number of aromatic nitrogens is 3. The minimum atomic E-state index is 0.0885. The molecule has 0 saturated heterocycles. The van der Waals surface area contributed by atoms with Gasteiger partial charge in [0.1, 0.15) is 5.82 Å². The number of benzene rings is 3. The number of hydrogen-bond donors (Lipinski definition) is 0. The van der Waals surface area contributed by atoms with Crippen molar-refractivity contribution >= 4 is 40.1 Å². The van der Waals surface area contributed by atoms with Gasteiger partial charge in [0.2, 0.25) is 0 Å². The van der Waals surface area contributed by atoms with Gasteiger partial charge in [0.25, 0.3) is 0 Å². The molecule has 0 radical (unpaired) electrons. The first-order chi connectivity index (χ1) is 15.3. The van der Waals surface area contributed by atoms with Crippen LogP contribution in [0.2, 0.25) is 0 Å². The summed E-state index contributed by atoms with van der Waals surface area (Å²) in [5.74, 6) is 2.97. The monoisotopic (exact) mass is 445 g/mol. The van der Waals surface area contributed by atoms with Gasteiger partial charge in [-0.2, -0.15) is 0 Å². The number of carbonyl (C=O) groups excluding carboxylic acids is 1. The van der Waals surface area contributed by atoms with Gasteiger partial charge >= 0.3 is 0 Å². The fourth-order valence-corrected chi connectivity index (χ4v) is 5.18. The Morgan fingerprint density at radius 1 is 0.935 bits per heavy atom. The highest BCUT2D eigenvalue weighted by Gasteiger charge is 2.14. The van der Waals surface area contributed by atoms with Crippen LogP contribution in [0.1, 0.15) is 21.7 Å². The molecule has 0 bridgehead atoms. The summed E-state index contributed by atoms with van der Waals surface area (Å²) in [6, 6.07) is 24.2. The quantitative estimate of drug-likeness (QED) is 0.170. The lowest BCUT2D eigenvalue weighted by molar-refractivity contribution is 0.102. The van der Waals surface area contributed by atoms with Crippen molar-refractivity contribution in [3.8, 4) is 0 Å². The molecule has 0 aliphatic rings. The number of Topliss-reactive ketones (excluding diaryl/α,β-unsaturated/α-hetero) is 1. The molecule has 0 aliphatic carbocycles. The predicted octanol–water partition coefficient (Wildman–Crippen LogP) is 6.03. The van der Waals surface area contributed by atoms with Gasteiger partial charge in [0.15, 0.2) is 10.9 Å². The molecule has 6 heteroatoms. The van der Waals surface area contributed by atoms with E-state index in [2.05, 4.69) is 59.2 Å². The number of nitrogens with zero attached hydrogens (tertiary/aromatic N) is 3. The Bertz CT molecular complexity index is 1180. The number of hydrogen-bond acceptors (Lipinski definition) is 5. The van der Waals surface area contributed by atoms with E-state index in [9.17, 15) is 4.79 Å². The molecule has 0 atom stereocenters. The number of carbonyl (C=O) groups is 1. The third-order valence-electron chi connectivity index (χ3n) is 4.90. The van der Waals surface area contributed by atoms with E-state index >= 15 is 0 Å². The number of ketones is 1. The molecule has 31 heavy (non-hydrogen) atoms. The van der Waals surface area contributed by atoms with Gasteiger partial charge in [-0.15, -0.1) is 28.5 Å². The number of allylic oxidation sites excluding steroid dienone is 1. The van der Waals surface area contributed by atoms with Gasteiger partial charge in [-0.1, -0.05) is 90.6 Å². The highest BCUT2D eigenvalue weighted by molar-refractivity contribution is 7.99. The van der Waals surface area contributed by atoms with Gasteiger partial charge < -0.3 is 4.57 Å². The molecule has 3 aromatic carbocycles. The lowest BCUT2D eigenvalue weighted by Crippen LogP contribution is -2.06. The zero-order chi connectivity index (χ0) is 21.5. The summed E-state index contributed by atoms with van der Waals surface area (Å²) in [5, 5.41) is 12.0. The van der Waals surface area contributed by atoms with Crippen LogP contribution in [0, 0.1) is 0 Å². The molecule has 0 aliphatic heterocycles. The van der Waals surface area contributed by atoms with E-state index in [4.69, 9.17) is 0 Å².